The van der Waals surface area contributed by atoms with Gasteiger partial charge in [0.15, 0.2) is 0 Å². The predicted molar refractivity (Wildman–Crippen MR) is 170 cm³/mol. The molecule has 2 saturated heterocycles. The molecule has 0 unspecified atom stereocenters. The molecule has 4 aromatic carbocycles. The van der Waals surface area contributed by atoms with Crippen LogP contribution >= 0.6 is 0 Å². The van der Waals surface area contributed by atoms with Crippen molar-refractivity contribution in [3.05, 3.63) is 119 Å². The second-order valence-electron chi connectivity index (χ2n) is 12.4. The van der Waals surface area contributed by atoms with Gasteiger partial charge in [-0.1, -0.05) is 72.8 Å². The number of ether oxygens (including phenoxy) is 1. The fourth-order valence-corrected chi connectivity index (χ4v) is 6.60. The number of hydrogen-bond acceptors (Lipinski definition) is 5. The summed E-state index contributed by atoms with van der Waals surface area (Å²) in [5, 5.41) is 1.90. The number of hydrogen-bond donors (Lipinski definition) is 1. The molecule has 4 aromatic rings. The maximum Gasteiger partial charge on any atom is 0.416 e. The van der Waals surface area contributed by atoms with Gasteiger partial charge in [0.2, 0.25) is 11.8 Å². The van der Waals surface area contributed by atoms with Crippen molar-refractivity contribution in [3.63, 3.8) is 0 Å². The zero-order valence-corrected chi connectivity index (χ0v) is 26.5. The van der Waals surface area contributed by atoms with Crippen molar-refractivity contribution < 1.29 is 45.5 Å². The molecule has 14 heteroatoms. The molecule has 262 valence electrons. The molecule has 6 rings (SSSR count). The number of halogens is 6. The van der Waals surface area contributed by atoms with Crippen molar-refractivity contribution in [2.24, 2.45) is 11.7 Å². The standard InChI is InChI=1S/C36H32F6N4O4/c37-35(38,39)28-14-24(15-29(16-28)36(40,41)42)21-50-34(49)45-19-27(13-23-10-11-25-8-4-5-9-26(25)12-23)32(47)46-30(17-43)33(48)44(20-31(45)46)18-22-6-2-1-3-7-22/h1-12,14-16,27,30-31H,13,17-21,43H2/t27-,30-,31+/m0/s1. The van der Waals surface area contributed by atoms with Crippen molar-refractivity contribution in [3.8, 4) is 0 Å². The molecule has 0 bridgehead atoms. The van der Waals surface area contributed by atoms with Gasteiger partial charge >= 0.3 is 18.4 Å². The van der Waals surface area contributed by atoms with E-state index in [0.717, 1.165) is 21.9 Å². The first-order valence-corrected chi connectivity index (χ1v) is 15.8. The molecule has 0 saturated carbocycles. The maximum absolute atomic E-state index is 14.1. The van der Waals surface area contributed by atoms with E-state index in [1.165, 1.54) is 14.7 Å². The quantitative estimate of drug-likeness (QED) is 0.232. The van der Waals surface area contributed by atoms with E-state index in [9.17, 15) is 40.7 Å². The fourth-order valence-electron chi connectivity index (χ4n) is 6.60. The summed E-state index contributed by atoms with van der Waals surface area (Å²) >= 11 is 0. The number of amides is 3. The van der Waals surface area contributed by atoms with E-state index in [0.29, 0.717) is 12.1 Å². The van der Waals surface area contributed by atoms with E-state index in [2.05, 4.69) is 0 Å². The van der Waals surface area contributed by atoms with Gasteiger partial charge < -0.3 is 20.3 Å². The summed E-state index contributed by atoms with van der Waals surface area (Å²) in [5.41, 5.74) is 4.01. The van der Waals surface area contributed by atoms with Crippen LogP contribution < -0.4 is 5.73 Å². The van der Waals surface area contributed by atoms with Gasteiger partial charge in [-0.25, -0.2) is 4.79 Å². The number of carbonyl (C=O) groups is 3. The van der Waals surface area contributed by atoms with Crippen LogP contribution in [0.15, 0.2) is 91.0 Å². The van der Waals surface area contributed by atoms with Crippen LogP contribution in [0.5, 0.6) is 0 Å². The number of benzene rings is 4. The van der Waals surface area contributed by atoms with Crippen LogP contribution in [0.25, 0.3) is 10.8 Å². The summed E-state index contributed by atoms with van der Waals surface area (Å²) in [5.74, 6) is -1.71. The third-order valence-corrected chi connectivity index (χ3v) is 9.00. The highest BCUT2D eigenvalue weighted by Gasteiger charge is 2.51. The Morgan fingerprint density at radius 3 is 2.02 bits per heavy atom. The maximum atomic E-state index is 14.1. The SMILES string of the molecule is NC[C@H]1C(=O)N(Cc2ccccc2)C[C@@H]2N(C(=O)OCc3cc(C(F)(F)F)cc(C(F)(F)F)c3)C[C@H](Cc3ccc4ccccc4c3)C(=O)N21. The minimum atomic E-state index is -5.09. The van der Waals surface area contributed by atoms with Crippen LogP contribution in [0.3, 0.4) is 0 Å². The molecule has 3 amide bonds. The first-order chi connectivity index (χ1) is 23.7. The predicted octanol–water partition coefficient (Wildman–Crippen LogP) is 6.21. The van der Waals surface area contributed by atoms with Gasteiger partial charge in [0, 0.05) is 19.6 Å². The van der Waals surface area contributed by atoms with Gasteiger partial charge in [-0.2, -0.15) is 26.3 Å². The van der Waals surface area contributed by atoms with Crippen LogP contribution in [0.1, 0.15) is 27.8 Å². The Balaban J connectivity index is 1.31. The molecule has 2 aliphatic heterocycles. The zero-order chi connectivity index (χ0) is 35.8. The minimum Gasteiger partial charge on any atom is -0.444 e. The normalized spacial score (nSPS) is 19.9. The van der Waals surface area contributed by atoms with Crippen LogP contribution in [0.4, 0.5) is 31.1 Å². The topological polar surface area (TPSA) is 96.2 Å². The molecular formula is C36H32F6N4O4. The van der Waals surface area contributed by atoms with Crippen molar-refractivity contribution in [2.45, 2.75) is 44.1 Å². The van der Waals surface area contributed by atoms with Crippen LogP contribution in [-0.2, 0) is 46.3 Å². The Bertz CT molecular complexity index is 1870. The number of carbonyl (C=O) groups excluding carboxylic acids is 3. The van der Waals surface area contributed by atoms with E-state index in [1.54, 1.807) is 30.3 Å². The molecule has 3 atom stereocenters. The summed E-state index contributed by atoms with van der Waals surface area (Å²) in [6.07, 6.45) is -12.1. The summed E-state index contributed by atoms with van der Waals surface area (Å²) in [7, 11) is 0. The van der Waals surface area contributed by atoms with E-state index in [1.807, 2.05) is 42.5 Å². The molecule has 50 heavy (non-hydrogen) atoms. The smallest absolute Gasteiger partial charge is 0.416 e. The number of piperazine rings is 1. The minimum absolute atomic E-state index is 0.00977. The van der Waals surface area contributed by atoms with Gasteiger partial charge in [0.05, 0.1) is 23.6 Å². The molecule has 0 spiro atoms. The lowest BCUT2D eigenvalue weighted by molar-refractivity contribution is -0.172. The Labute approximate surface area is 283 Å². The molecule has 2 fully saturated rings. The van der Waals surface area contributed by atoms with Crippen molar-refractivity contribution >= 4 is 28.7 Å². The van der Waals surface area contributed by atoms with E-state index >= 15 is 0 Å². The van der Waals surface area contributed by atoms with Gasteiger partial charge in [-0.05, 0) is 52.1 Å². The lowest BCUT2D eigenvalue weighted by Crippen LogP contribution is -2.74. The Morgan fingerprint density at radius 2 is 1.38 bits per heavy atom. The van der Waals surface area contributed by atoms with Gasteiger partial charge in [0.25, 0.3) is 0 Å². The number of fused-ring (bicyclic) bond motifs is 2. The Morgan fingerprint density at radius 1 is 0.740 bits per heavy atom. The van der Waals surface area contributed by atoms with Crippen molar-refractivity contribution in [1.82, 2.24) is 14.7 Å². The molecule has 0 aromatic heterocycles. The summed E-state index contributed by atoms with van der Waals surface area (Å²) in [4.78, 5) is 45.6. The van der Waals surface area contributed by atoms with E-state index < -0.39 is 71.7 Å². The number of nitrogens with zero attached hydrogens (tertiary/aromatic N) is 3. The molecule has 2 N–H and O–H groups in total. The highest BCUT2D eigenvalue weighted by Crippen LogP contribution is 2.37. The van der Waals surface area contributed by atoms with Crippen LogP contribution in [0, 0.1) is 5.92 Å². The van der Waals surface area contributed by atoms with Crippen molar-refractivity contribution in [2.75, 3.05) is 19.6 Å². The lowest BCUT2D eigenvalue weighted by atomic mass is 9.91. The summed E-state index contributed by atoms with van der Waals surface area (Å²) in [6, 6.07) is 22.1. The van der Waals surface area contributed by atoms with Gasteiger partial charge in [-0.15, -0.1) is 0 Å². The average Bonchev–Trinajstić information content (AvgIpc) is 3.08. The molecule has 0 aliphatic carbocycles. The van der Waals surface area contributed by atoms with Crippen LogP contribution in [0.2, 0.25) is 0 Å². The molecule has 2 heterocycles. The highest BCUT2D eigenvalue weighted by atomic mass is 19.4. The first-order valence-electron chi connectivity index (χ1n) is 15.8. The Hall–Kier alpha value is -5.11. The Kier molecular flexibility index (Phi) is 9.49. The number of alkyl halides is 6. The van der Waals surface area contributed by atoms with Crippen LogP contribution in [-0.4, -0.2) is 64.4 Å². The van der Waals surface area contributed by atoms with Gasteiger partial charge in [0.1, 0.15) is 18.8 Å². The largest absolute Gasteiger partial charge is 0.444 e. The highest BCUT2D eigenvalue weighted by molar-refractivity contribution is 5.92. The fraction of sp³-hybridized carbons (Fsp3) is 0.306. The number of rotatable bonds is 7. The molecule has 8 nitrogen and oxygen atoms in total. The van der Waals surface area contributed by atoms with E-state index in [4.69, 9.17) is 10.5 Å². The first kappa shape index (κ1) is 34.7. The van der Waals surface area contributed by atoms with E-state index in [-0.39, 0.29) is 38.7 Å². The zero-order valence-electron chi connectivity index (χ0n) is 26.5. The summed E-state index contributed by atoms with van der Waals surface area (Å²) < 4.78 is 86.3. The molecule has 2 aliphatic rings. The second-order valence-corrected chi connectivity index (χ2v) is 12.4. The van der Waals surface area contributed by atoms with Gasteiger partial charge in [-0.3, -0.25) is 14.5 Å². The molecular weight excluding hydrogens is 666 g/mol. The second kappa shape index (κ2) is 13.7. The summed E-state index contributed by atoms with van der Waals surface area (Å²) in [6.45, 7) is -1.35. The third-order valence-electron chi connectivity index (χ3n) is 9.00. The molecule has 0 radical (unpaired) electrons. The monoisotopic (exact) mass is 698 g/mol. The third kappa shape index (κ3) is 7.25. The lowest BCUT2D eigenvalue weighted by Gasteiger charge is -2.53. The average molecular weight is 699 g/mol. The van der Waals surface area contributed by atoms with Crippen molar-refractivity contribution in [1.29, 1.82) is 0 Å². The number of nitrogens with two attached hydrogens (primary N) is 1.